The molecule has 168 valence electrons. The maximum atomic E-state index is 12.8. The number of hydrogen-bond donors (Lipinski definition) is 2. The summed E-state index contributed by atoms with van der Waals surface area (Å²) in [7, 11) is 1.76. The van der Waals surface area contributed by atoms with Crippen LogP contribution >= 0.6 is 0 Å². The summed E-state index contributed by atoms with van der Waals surface area (Å²) >= 11 is 0. The van der Waals surface area contributed by atoms with Crippen LogP contribution in [0.4, 0.5) is 0 Å². The topological polar surface area (TPSA) is 73.8 Å². The minimum atomic E-state index is -0.0902. The number of nitrogens with one attached hydrogen (secondary N) is 2. The molecule has 3 fully saturated rings. The second-order valence-corrected chi connectivity index (χ2v) is 9.39. The zero-order valence-corrected chi connectivity index (χ0v) is 18.8. The van der Waals surface area contributed by atoms with Gasteiger partial charge in [-0.2, -0.15) is 0 Å². The van der Waals surface area contributed by atoms with E-state index in [1.54, 1.807) is 7.05 Å². The molecule has 1 saturated carbocycles. The van der Waals surface area contributed by atoms with Crippen LogP contribution in [0.5, 0.6) is 0 Å². The van der Waals surface area contributed by atoms with E-state index in [1.165, 1.54) is 17.5 Å². The van der Waals surface area contributed by atoms with Crippen LogP contribution in [0.3, 0.4) is 0 Å². The summed E-state index contributed by atoms with van der Waals surface area (Å²) in [5, 5.41) is 6.68. The summed E-state index contributed by atoms with van der Waals surface area (Å²) in [6.07, 6.45) is 8.75. The summed E-state index contributed by atoms with van der Waals surface area (Å²) in [5.41, 5.74) is 2.55. The third kappa shape index (κ3) is 5.17. The van der Waals surface area contributed by atoms with E-state index in [2.05, 4.69) is 39.9 Å². The van der Waals surface area contributed by atoms with E-state index in [0.717, 1.165) is 45.2 Å². The minimum absolute atomic E-state index is 0.0423. The molecular formula is C25H36N4O2. The van der Waals surface area contributed by atoms with E-state index in [1.807, 2.05) is 18.0 Å². The van der Waals surface area contributed by atoms with Gasteiger partial charge in [-0.05, 0) is 61.5 Å². The monoisotopic (exact) mass is 424 g/mol. The zero-order chi connectivity index (χ0) is 21.8. The maximum absolute atomic E-state index is 12.8. The molecule has 4 atom stereocenters. The van der Waals surface area contributed by atoms with Crippen LogP contribution in [0.2, 0.25) is 0 Å². The van der Waals surface area contributed by atoms with Crippen molar-refractivity contribution in [2.24, 2.45) is 10.9 Å². The molecule has 1 aromatic rings. The molecule has 1 aromatic carbocycles. The lowest BCUT2D eigenvalue weighted by atomic mass is 9.88. The number of benzene rings is 1. The number of rotatable bonds is 7. The fourth-order valence-electron chi connectivity index (χ4n) is 5.61. The van der Waals surface area contributed by atoms with Crippen LogP contribution in [0.1, 0.15) is 62.5 Å². The Bertz CT molecular complexity index is 798. The van der Waals surface area contributed by atoms with Gasteiger partial charge >= 0.3 is 0 Å². The van der Waals surface area contributed by atoms with Gasteiger partial charge < -0.3 is 15.5 Å². The lowest BCUT2D eigenvalue weighted by Crippen LogP contribution is -2.51. The smallest absolute Gasteiger partial charge is 0.237 e. The van der Waals surface area contributed by atoms with Crippen LogP contribution in [-0.4, -0.2) is 61.2 Å². The van der Waals surface area contributed by atoms with Gasteiger partial charge in [0.15, 0.2) is 0 Å². The highest BCUT2D eigenvalue weighted by molar-refractivity contribution is 5.86. The summed E-state index contributed by atoms with van der Waals surface area (Å²) in [5.74, 6) is 1.39. The molecule has 2 aliphatic heterocycles. The highest BCUT2D eigenvalue weighted by Crippen LogP contribution is 2.35. The first-order chi connectivity index (χ1) is 15.1. The molecule has 0 spiro atoms. The van der Waals surface area contributed by atoms with Crippen molar-refractivity contribution >= 4 is 18.0 Å². The first-order valence-electron chi connectivity index (χ1n) is 11.9. The quantitative estimate of drug-likeness (QED) is 0.661. The average Bonchev–Trinajstić information content (AvgIpc) is 3.43. The molecule has 0 unspecified atom stereocenters. The van der Waals surface area contributed by atoms with Gasteiger partial charge in [0, 0.05) is 38.8 Å². The number of carbonyl (C=O) groups excluding carboxylic acids is 2. The van der Waals surface area contributed by atoms with Crippen molar-refractivity contribution in [2.45, 2.75) is 75.9 Å². The largest absolute Gasteiger partial charge is 0.347 e. The molecule has 2 amide bonds. The van der Waals surface area contributed by atoms with E-state index >= 15 is 0 Å². The standard InChI is InChI=1S/C25H36N4O2/c1-3-23(30)29-12-10-19(11-13-29)18-6-4-17(5-7-18)14-22(16-26-2)28-25(31)24-20-8-9-21(15-20)27-24/h4-7,16,19-22,24,27H,3,8-15H2,1-2H3,(H,28,31)/b26-16+/t20-,21+,22-,24-/m0/s1. The predicted molar refractivity (Wildman–Crippen MR) is 123 cm³/mol. The predicted octanol–water partition coefficient (Wildman–Crippen LogP) is 2.67. The normalized spacial score (nSPS) is 27.0. The maximum Gasteiger partial charge on any atom is 0.237 e. The SMILES string of the molecule is CCC(=O)N1CCC(c2ccc(C[C@@H](/C=N/C)NC(=O)[C@H]3N[C@@H]4CC[C@H]3C4)cc2)CC1. The van der Waals surface area contributed by atoms with Crippen molar-refractivity contribution in [1.29, 1.82) is 0 Å². The Morgan fingerprint density at radius 1 is 1.19 bits per heavy atom. The number of likely N-dealkylation sites (tertiary alicyclic amines) is 1. The first kappa shape index (κ1) is 22.0. The van der Waals surface area contributed by atoms with Crippen LogP contribution in [-0.2, 0) is 16.0 Å². The van der Waals surface area contributed by atoms with Crippen molar-refractivity contribution in [3.8, 4) is 0 Å². The summed E-state index contributed by atoms with van der Waals surface area (Å²) in [4.78, 5) is 30.9. The minimum Gasteiger partial charge on any atom is -0.347 e. The number of fused-ring (bicyclic) bond motifs is 2. The Morgan fingerprint density at radius 3 is 2.52 bits per heavy atom. The van der Waals surface area contributed by atoms with Crippen molar-refractivity contribution in [3.05, 3.63) is 35.4 Å². The molecule has 2 N–H and O–H groups in total. The van der Waals surface area contributed by atoms with Gasteiger partial charge in [0.05, 0.1) is 12.1 Å². The number of aliphatic imine (C=N–C) groups is 1. The van der Waals surface area contributed by atoms with Crippen LogP contribution in [0, 0.1) is 5.92 Å². The van der Waals surface area contributed by atoms with Gasteiger partial charge in [-0.25, -0.2) is 0 Å². The lowest BCUT2D eigenvalue weighted by Gasteiger charge is -2.32. The molecule has 2 heterocycles. The third-order valence-electron chi connectivity index (χ3n) is 7.36. The van der Waals surface area contributed by atoms with Crippen molar-refractivity contribution in [1.82, 2.24) is 15.5 Å². The molecule has 31 heavy (non-hydrogen) atoms. The Morgan fingerprint density at radius 2 is 1.94 bits per heavy atom. The molecule has 0 aromatic heterocycles. The first-order valence-corrected chi connectivity index (χ1v) is 11.9. The Balaban J connectivity index is 1.31. The van der Waals surface area contributed by atoms with E-state index in [-0.39, 0.29) is 23.9 Å². The average molecular weight is 425 g/mol. The van der Waals surface area contributed by atoms with Gasteiger partial charge in [-0.1, -0.05) is 31.2 Å². The van der Waals surface area contributed by atoms with Crippen molar-refractivity contribution < 1.29 is 9.59 Å². The van der Waals surface area contributed by atoms with Gasteiger partial charge in [0.2, 0.25) is 11.8 Å². The number of piperidine rings is 2. The summed E-state index contributed by atoms with van der Waals surface area (Å²) in [6.45, 7) is 3.65. The van der Waals surface area contributed by atoms with Gasteiger partial charge in [0.25, 0.3) is 0 Å². The molecular weight excluding hydrogens is 388 g/mol. The van der Waals surface area contributed by atoms with Crippen LogP contribution in [0.25, 0.3) is 0 Å². The third-order valence-corrected chi connectivity index (χ3v) is 7.36. The van der Waals surface area contributed by atoms with E-state index in [0.29, 0.717) is 24.3 Å². The van der Waals surface area contributed by atoms with Crippen LogP contribution in [0.15, 0.2) is 29.3 Å². The zero-order valence-electron chi connectivity index (χ0n) is 18.8. The van der Waals surface area contributed by atoms with E-state index in [4.69, 9.17) is 0 Å². The second-order valence-electron chi connectivity index (χ2n) is 9.39. The lowest BCUT2D eigenvalue weighted by molar-refractivity contribution is -0.131. The molecule has 2 saturated heterocycles. The highest BCUT2D eigenvalue weighted by Gasteiger charge is 2.42. The highest BCUT2D eigenvalue weighted by atomic mass is 16.2. The second kappa shape index (κ2) is 9.94. The Hall–Kier alpha value is -2.21. The Kier molecular flexibility index (Phi) is 7.06. The number of amides is 2. The fourth-order valence-corrected chi connectivity index (χ4v) is 5.61. The molecule has 4 rings (SSSR count). The summed E-state index contributed by atoms with van der Waals surface area (Å²) < 4.78 is 0. The fraction of sp³-hybridized carbons (Fsp3) is 0.640. The van der Waals surface area contributed by atoms with Crippen LogP contribution < -0.4 is 10.6 Å². The molecule has 2 bridgehead atoms. The van der Waals surface area contributed by atoms with E-state index < -0.39 is 0 Å². The molecule has 0 radical (unpaired) electrons. The Labute approximate surface area is 185 Å². The number of nitrogens with zero attached hydrogens (tertiary/aromatic N) is 2. The van der Waals surface area contributed by atoms with E-state index in [9.17, 15) is 9.59 Å². The molecule has 1 aliphatic carbocycles. The molecule has 3 aliphatic rings. The molecule has 6 nitrogen and oxygen atoms in total. The van der Waals surface area contributed by atoms with Crippen molar-refractivity contribution in [3.63, 3.8) is 0 Å². The van der Waals surface area contributed by atoms with Crippen molar-refractivity contribution in [2.75, 3.05) is 20.1 Å². The summed E-state index contributed by atoms with van der Waals surface area (Å²) in [6, 6.07) is 9.19. The number of hydrogen-bond acceptors (Lipinski definition) is 4. The number of carbonyl (C=O) groups is 2. The molecule has 6 heteroatoms. The van der Waals surface area contributed by atoms with Gasteiger partial charge in [0.1, 0.15) is 0 Å². The van der Waals surface area contributed by atoms with Gasteiger partial charge in [-0.15, -0.1) is 0 Å². The van der Waals surface area contributed by atoms with Gasteiger partial charge in [-0.3, -0.25) is 14.6 Å².